The van der Waals surface area contributed by atoms with Crippen LogP contribution in [-0.4, -0.2) is 60.8 Å². The molecule has 5 heteroatoms. The number of rotatable bonds is 2. The number of aliphatic hydroxyl groups is 1. The van der Waals surface area contributed by atoms with Crippen molar-refractivity contribution < 1.29 is 9.90 Å². The summed E-state index contributed by atoms with van der Waals surface area (Å²) in [4.78, 5) is 12.9. The summed E-state index contributed by atoms with van der Waals surface area (Å²) in [6, 6.07) is 0. The maximum atomic E-state index is 10.7. The average molecular weight is 173 g/mol. The number of likely N-dealkylation sites (N-methyl/N-ethyl adjacent to an activating group) is 1. The first kappa shape index (κ1) is 9.44. The van der Waals surface area contributed by atoms with Crippen molar-refractivity contribution >= 4 is 5.91 Å². The lowest BCUT2D eigenvalue weighted by molar-refractivity contribution is -0.129. The molecule has 5 nitrogen and oxygen atoms in total. The number of piperazine rings is 1. The van der Waals surface area contributed by atoms with Crippen LogP contribution >= 0.6 is 0 Å². The van der Waals surface area contributed by atoms with Crippen LogP contribution in [-0.2, 0) is 4.79 Å². The molecule has 1 heterocycles. The number of carbonyl (C=O) groups excluding carboxylic acids is 1. The standard InChI is InChI=1S/C7H15N3O2/c1-9-2-4-10(5-3-9)8-7(12)6-11/h11H,2-6H2,1H3,(H,8,12). The van der Waals surface area contributed by atoms with Crippen molar-refractivity contribution in [3.05, 3.63) is 0 Å². The van der Waals surface area contributed by atoms with Gasteiger partial charge < -0.3 is 10.0 Å². The molecule has 0 radical (unpaired) electrons. The minimum Gasteiger partial charge on any atom is -0.386 e. The molecule has 1 rings (SSSR count). The van der Waals surface area contributed by atoms with Crippen LogP contribution in [0.3, 0.4) is 0 Å². The van der Waals surface area contributed by atoms with Crippen LogP contribution in [0.5, 0.6) is 0 Å². The van der Waals surface area contributed by atoms with Crippen molar-refractivity contribution in [3.63, 3.8) is 0 Å². The van der Waals surface area contributed by atoms with Crippen molar-refractivity contribution in [3.8, 4) is 0 Å². The summed E-state index contributed by atoms with van der Waals surface area (Å²) < 4.78 is 0. The van der Waals surface area contributed by atoms with Gasteiger partial charge >= 0.3 is 0 Å². The van der Waals surface area contributed by atoms with Crippen molar-refractivity contribution in [1.29, 1.82) is 0 Å². The predicted octanol–water partition coefficient (Wildman–Crippen LogP) is -1.74. The summed E-state index contributed by atoms with van der Waals surface area (Å²) in [5, 5.41) is 10.3. The van der Waals surface area contributed by atoms with Crippen LogP contribution in [0.4, 0.5) is 0 Å². The summed E-state index contributed by atoms with van der Waals surface area (Å²) in [6.07, 6.45) is 0. The van der Waals surface area contributed by atoms with E-state index in [0.29, 0.717) is 0 Å². The molecule has 1 amide bonds. The summed E-state index contributed by atoms with van der Waals surface area (Å²) in [5.74, 6) is -0.334. The average Bonchev–Trinajstić information content (AvgIpc) is 2.09. The molecule has 2 N–H and O–H groups in total. The molecule has 0 unspecified atom stereocenters. The number of hydrogen-bond acceptors (Lipinski definition) is 4. The molecule has 0 spiro atoms. The lowest BCUT2D eigenvalue weighted by Gasteiger charge is -2.32. The van der Waals surface area contributed by atoms with E-state index < -0.39 is 6.61 Å². The molecule has 12 heavy (non-hydrogen) atoms. The highest BCUT2D eigenvalue weighted by atomic mass is 16.3. The number of aliphatic hydroxyl groups excluding tert-OH is 1. The molecule has 1 saturated heterocycles. The van der Waals surface area contributed by atoms with Crippen molar-refractivity contribution in [1.82, 2.24) is 15.3 Å². The fraction of sp³-hybridized carbons (Fsp3) is 0.857. The first-order chi connectivity index (χ1) is 5.72. The van der Waals surface area contributed by atoms with E-state index >= 15 is 0 Å². The van der Waals surface area contributed by atoms with Crippen molar-refractivity contribution in [2.45, 2.75) is 0 Å². The molecule has 0 aromatic heterocycles. The second-order valence-corrected chi connectivity index (χ2v) is 2.98. The third kappa shape index (κ3) is 2.77. The minimum atomic E-state index is -0.438. The van der Waals surface area contributed by atoms with Crippen molar-refractivity contribution in [2.75, 3.05) is 39.8 Å². The molecule has 0 aromatic carbocycles. The number of nitrogens with one attached hydrogen (secondary N) is 1. The van der Waals surface area contributed by atoms with Gasteiger partial charge in [-0.25, -0.2) is 5.01 Å². The number of amides is 1. The van der Waals surface area contributed by atoms with Crippen LogP contribution in [0.25, 0.3) is 0 Å². The number of hydrogen-bond donors (Lipinski definition) is 2. The largest absolute Gasteiger partial charge is 0.386 e. The van der Waals surface area contributed by atoms with Crippen molar-refractivity contribution in [2.24, 2.45) is 0 Å². The lowest BCUT2D eigenvalue weighted by Crippen LogP contribution is -2.53. The Bertz CT molecular complexity index is 155. The van der Waals surface area contributed by atoms with Gasteiger partial charge in [0.25, 0.3) is 5.91 Å². The number of nitrogens with zero attached hydrogens (tertiary/aromatic N) is 2. The monoisotopic (exact) mass is 173 g/mol. The molecular weight excluding hydrogens is 158 g/mol. The Balaban J connectivity index is 2.21. The van der Waals surface area contributed by atoms with Gasteiger partial charge in [0.2, 0.25) is 0 Å². The Hall–Kier alpha value is -0.650. The minimum absolute atomic E-state index is 0.334. The number of carbonyl (C=O) groups is 1. The molecular formula is C7H15N3O2. The molecule has 1 aliphatic heterocycles. The topological polar surface area (TPSA) is 55.8 Å². The zero-order chi connectivity index (χ0) is 8.97. The second kappa shape index (κ2) is 4.39. The molecule has 0 aliphatic carbocycles. The van der Waals surface area contributed by atoms with E-state index in [4.69, 9.17) is 5.11 Å². The Labute approximate surface area is 71.9 Å². The summed E-state index contributed by atoms with van der Waals surface area (Å²) >= 11 is 0. The van der Waals surface area contributed by atoms with Gasteiger partial charge in [-0.15, -0.1) is 0 Å². The van der Waals surface area contributed by atoms with Gasteiger partial charge in [-0.05, 0) is 7.05 Å². The van der Waals surface area contributed by atoms with E-state index in [1.165, 1.54) is 0 Å². The maximum Gasteiger partial charge on any atom is 0.259 e. The Morgan fingerprint density at radius 3 is 2.50 bits per heavy atom. The van der Waals surface area contributed by atoms with Gasteiger partial charge in [0.05, 0.1) is 0 Å². The predicted molar refractivity (Wildman–Crippen MR) is 44.3 cm³/mol. The highest BCUT2D eigenvalue weighted by Crippen LogP contribution is 1.94. The van der Waals surface area contributed by atoms with Crippen LogP contribution in [0.15, 0.2) is 0 Å². The van der Waals surface area contributed by atoms with Gasteiger partial charge in [-0.3, -0.25) is 10.2 Å². The van der Waals surface area contributed by atoms with E-state index in [9.17, 15) is 4.79 Å². The van der Waals surface area contributed by atoms with Crippen LogP contribution < -0.4 is 5.43 Å². The molecule has 0 bridgehead atoms. The van der Waals surface area contributed by atoms with E-state index in [1.807, 2.05) is 12.1 Å². The van der Waals surface area contributed by atoms with E-state index in [0.717, 1.165) is 26.2 Å². The fourth-order valence-corrected chi connectivity index (χ4v) is 1.13. The first-order valence-electron chi connectivity index (χ1n) is 4.06. The van der Waals surface area contributed by atoms with Crippen LogP contribution in [0.2, 0.25) is 0 Å². The van der Waals surface area contributed by atoms with Gasteiger partial charge in [0.1, 0.15) is 6.61 Å². The van der Waals surface area contributed by atoms with Crippen LogP contribution in [0, 0.1) is 0 Å². The Kier molecular flexibility index (Phi) is 3.46. The van der Waals surface area contributed by atoms with E-state index in [1.54, 1.807) is 0 Å². The van der Waals surface area contributed by atoms with Gasteiger partial charge in [-0.2, -0.15) is 0 Å². The smallest absolute Gasteiger partial charge is 0.259 e. The van der Waals surface area contributed by atoms with E-state index in [2.05, 4.69) is 10.3 Å². The first-order valence-corrected chi connectivity index (χ1v) is 4.06. The molecule has 0 saturated carbocycles. The Morgan fingerprint density at radius 1 is 1.42 bits per heavy atom. The summed E-state index contributed by atoms with van der Waals surface area (Å²) in [7, 11) is 2.05. The third-order valence-electron chi connectivity index (χ3n) is 1.93. The molecule has 1 aliphatic rings. The molecule has 0 aromatic rings. The summed E-state index contributed by atoms with van der Waals surface area (Å²) in [6.45, 7) is 3.11. The SMILES string of the molecule is CN1CCN(NC(=O)CO)CC1. The van der Waals surface area contributed by atoms with Gasteiger partial charge in [0.15, 0.2) is 0 Å². The quantitative estimate of drug-likeness (QED) is 0.520. The maximum absolute atomic E-state index is 10.7. The molecule has 0 atom stereocenters. The van der Waals surface area contributed by atoms with Gasteiger partial charge in [0, 0.05) is 26.2 Å². The fourth-order valence-electron chi connectivity index (χ4n) is 1.13. The highest BCUT2D eigenvalue weighted by molar-refractivity contribution is 5.76. The zero-order valence-electron chi connectivity index (χ0n) is 7.29. The number of hydrazine groups is 1. The summed E-state index contributed by atoms with van der Waals surface area (Å²) in [5.41, 5.74) is 2.61. The lowest BCUT2D eigenvalue weighted by atomic mass is 10.4. The normalized spacial score (nSPS) is 20.8. The van der Waals surface area contributed by atoms with Crippen LogP contribution in [0.1, 0.15) is 0 Å². The van der Waals surface area contributed by atoms with E-state index in [-0.39, 0.29) is 5.91 Å². The molecule has 70 valence electrons. The zero-order valence-corrected chi connectivity index (χ0v) is 7.29. The Morgan fingerprint density at radius 2 is 2.00 bits per heavy atom. The third-order valence-corrected chi connectivity index (χ3v) is 1.93. The van der Waals surface area contributed by atoms with Gasteiger partial charge in [-0.1, -0.05) is 0 Å². The highest BCUT2D eigenvalue weighted by Gasteiger charge is 2.14. The second-order valence-electron chi connectivity index (χ2n) is 2.98. The molecule has 1 fully saturated rings.